The highest BCUT2D eigenvalue weighted by molar-refractivity contribution is 6.38. The van der Waals surface area contributed by atoms with Crippen molar-refractivity contribution in [2.75, 3.05) is 5.32 Å². The molecule has 0 aliphatic heterocycles. The number of ketones is 2. The Kier molecular flexibility index (Phi) is 6.28. The Hall–Kier alpha value is -5.33. The molecular formula is C24H17N5O8. The summed E-state index contributed by atoms with van der Waals surface area (Å²) in [4.78, 5) is 61.7. The fourth-order valence-electron chi connectivity index (χ4n) is 4.07. The molecule has 1 N–H and O–H groups in total. The zero-order valence-corrected chi connectivity index (χ0v) is 19.3. The molecule has 0 saturated carbocycles. The van der Waals surface area contributed by atoms with Gasteiger partial charge in [0.05, 0.1) is 32.2 Å². The van der Waals surface area contributed by atoms with E-state index in [0.717, 1.165) is 12.1 Å². The zero-order valence-electron chi connectivity index (χ0n) is 19.3. The topological polar surface area (TPSA) is 188 Å². The Morgan fingerprint density at radius 1 is 0.919 bits per heavy atom. The number of non-ortho nitro benzene ring substituents is 1. The van der Waals surface area contributed by atoms with Gasteiger partial charge in [-0.25, -0.2) is 0 Å². The number of hydrogen-bond acceptors (Lipinski definition) is 10. The highest BCUT2D eigenvalue weighted by atomic mass is 16.6. The SMILES string of the molecule is CC(=O)C1C(=O)c2c(cccc2[N+](=O)[O-])C1=Nc1cc(Nc2ccc([N+](=O)[O-])cc2[N+](=O)[O-])ccc1C. The molecule has 37 heavy (non-hydrogen) atoms. The summed E-state index contributed by atoms with van der Waals surface area (Å²) < 4.78 is 0. The summed E-state index contributed by atoms with van der Waals surface area (Å²) >= 11 is 0. The fourth-order valence-corrected chi connectivity index (χ4v) is 4.07. The quantitative estimate of drug-likeness (QED) is 0.263. The van der Waals surface area contributed by atoms with Gasteiger partial charge in [0.25, 0.3) is 17.1 Å². The summed E-state index contributed by atoms with van der Waals surface area (Å²) in [6, 6.07) is 12.0. The third-order valence-electron chi connectivity index (χ3n) is 5.82. The molecule has 0 aromatic heterocycles. The van der Waals surface area contributed by atoms with Crippen LogP contribution in [0.3, 0.4) is 0 Å². The lowest BCUT2D eigenvalue weighted by Gasteiger charge is -2.11. The normalized spacial score (nSPS) is 15.4. The lowest BCUT2D eigenvalue weighted by Crippen LogP contribution is -2.23. The van der Waals surface area contributed by atoms with Crippen LogP contribution in [0.2, 0.25) is 0 Å². The van der Waals surface area contributed by atoms with Crippen molar-refractivity contribution in [2.45, 2.75) is 13.8 Å². The zero-order chi connectivity index (χ0) is 27.0. The van der Waals surface area contributed by atoms with Crippen LogP contribution in [0, 0.1) is 43.2 Å². The summed E-state index contributed by atoms with van der Waals surface area (Å²) in [6.07, 6.45) is 0. The molecule has 0 radical (unpaired) electrons. The molecule has 1 aliphatic rings. The second-order valence-electron chi connectivity index (χ2n) is 8.20. The Morgan fingerprint density at radius 3 is 2.24 bits per heavy atom. The lowest BCUT2D eigenvalue weighted by molar-refractivity contribution is -0.393. The second kappa shape index (κ2) is 9.37. The van der Waals surface area contributed by atoms with E-state index < -0.39 is 49.3 Å². The molecule has 13 nitrogen and oxygen atoms in total. The van der Waals surface area contributed by atoms with Gasteiger partial charge >= 0.3 is 0 Å². The summed E-state index contributed by atoms with van der Waals surface area (Å²) in [7, 11) is 0. The first-order valence-electron chi connectivity index (χ1n) is 10.7. The van der Waals surface area contributed by atoms with Crippen molar-refractivity contribution in [3.05, 3.63) is 102 Å². The van der Waals surface area contributed by atoms with Gasteiger partial charge in [-0.2, -0.15) is 0 Å². The minimum absolute atomic E-state index is 0.00307. The number of aryl methyl sites for hydroxylation is 1. The van der Waals surface area contributed by atoms with Crippen LogP contribution in [0.25, 0.3) is 0 Å². The average molecular weight is 503 g/mol. The predicted octanol–water partition coefficient (Wildman–Crippen LogP) is 4.99. The standard InChI is InChI=1S/C24H17N5O8/c1-12-6-7-14(25-17-9-8-15(27(32)33)11-20(17)29(36)37)10-18(12)26-23-16-4-3-5-19(28(34)35)22(16)24(31)21(23)13(2)30/h3-11,21,25H,1-2H3. The van der Waals surface area contributed by atoms with Crippen molar-refractivity contribution in [1.29, 1.82) is 0 Å². The van der Waals surface area contributed by atoms with Gasteiger partial charge in [-0.1, -0.05) is 18.2 Å². The largest absolute Gasteiger partial charge is 0.350 e. The van der Waals surface area contributed by atoms with Crippen LogP contribution >= 0.6 is 0 Å². The molecule has 1 atom stereocenters. The molecule has 3 aromatic carbocycles. The van der Waals surface area contributed by atoms with Crippen molar-refractivity contribution in [1.82, 2.24) is 0 Å². The molecule has 0 amide bonds. The first-order valence-corrected chi connectivity index (χ1v) is 10.7. The Morgan fingerprint density at radius 2 is 1.62 bits per heavy atom. The molecule has 0 saturated heterocycles. The number of carbonyl (C=O) groups is 2. The third-order valence-corrected chi connectivity index (χ3v) is 5.82. The molecule has 1 aliphatic carbocycles. The monoisotopic (exact) mass is 503 g/mol. The maximum Gasteiger partial charge on any atom is 0.299 e. The van der Waals surface area contributed by atoms with Gasteiger partial charge in [-0.05, 0) is 37.6 Å². The molecule has 4 rings (SSSR count). The molecule has 0 fully saturated rings. The number of rotatable bonds is 7. The van der Waals surface area contributed by atoms with Crippen LogP contribution in [0.4, 0.5) is 34.1 Å². The Bertz CT molecular complexity index is 1560. The number of hydrogen-bond donors (Lipinski definition) is 1. The summed E-state index contributed by atoms with van der Waals surface area (Å²) in [6.45, 7) is 2.92. The van der Waals surface area contributed by atoms with Gasteiger partial charge < -0.3 is 5.32 Å². The van der Waals surface area contributed by atoms with E-state index in [0.29, 0.717) is 16.9 Å². The number of anilines is 2. The van der Waals surface area contributed by atoms with Gasteiger partial charge in [-0.15, -0.1) is 0 Å². The molecule has 0 heterocycles. The number of nitro groups is 3. The predicted molar refractivity (Wildman–Crippen MR) is 132 cm³/mol. The third kappa shape index (κ3) is 4.52. The molecule has 13 heteroatoms. The van der Waals surface area contributed by atoms with E-state index in [1.54, 1.807) is 19.1 Å². The highest BCUT2D eigenvalue weighted by Gasteiger charge is 2.44. The summed E-state index contributed by atoms with van der Waals surface area (Å²) in [5.74, 6) is -2.55. The maximum atomic E-state index is 13.0. The summed E-state index contributed by atoms with van der Waals surface area (Å²) in [5, 5.41) is 36.8. The van der Waals surface area contributed by atoms with Crippen LogP contribution in [0.15, 0.2) is 59.6 Å². The van der Waals surface area contributed by atoms with E-state index >= 15 is 0 Å². The van der Waals surface area contributed by atoms with E-state index in [1.165, 1.54) is 37.3 Å². The molecule has 0 spiro atoms. The van der Waals surface area contributed by atoms with E-state index in [-0.39, 0.29) is 22.5 Å². The lowest BCUT2D eigenvalue weighted by atomic mass is 9.98. The molecule has 1 unspecified atom stereocenters. The number of nitrogens with one attached hydrogen (secondary N) is 1. The average Bonchev–Trinajstić information content (AvgIpc) is 3.12. The van der Waals surface area contributed by atoms with Gasteiger partial charge in [0.15, 0.2) is 5.78 Å². The minimum Gasteiger partial charge on any atom is -0.350 e. The van der Waals surface area contributed by atoms with E-state index in [9.17, 15) is 39.9 Å². The van der Waals surface area contributed by atoms with Crippen molar-refractivity contribution in [3.63, 3.8) is 0 Å². The van der Waals surface area contributed by atoms with Crippen molar-refractivity contribution in [2.24, 2.45) is 10.9 Å². The van der Waals surface area contributed by atoms with E-state index in [1.807, 2.05) is 0 Å². The smallest absolute Gasteiger partial charge is 0.299 e. The van der Waals surface area contributed by atoms with Crippen LogP contribution < -0.4 is 5.32 Å². The number of fused-ring (bicyclic) bond motifs is 1. The van der Waals surface area contributed by atoms with Crippen molar-refractivity contribution in [3.8, 4) is 0 Å². The first kappa shape index (κ1) is 24.8. The van der Waals surface area contributed by atoms with Crippen LogP contribution in [-0.4, -0.2) is 32.0 Å². The van der Waals surface area contributed by atoms with E-state index in [4.69, 9.17) is 0 Å². The number of nitrogens with zero attached hydrogens (tertiary/aromatic N) is 4. The fraction of sp³-hybridized carbons (Fsp3) is 0.125. The van der Waals surface area contributed by atoms with Gasteiger partial charge in [0, 0.05) is 23.4 Å². The van der Waals surface area contributed by atoms with Gasteiger partial charge in [-0.3, -0.25) is 44.9 Å². The maximum absolute atomic E-state index is 13.0. The van der Waals surface area contributed by atoms with Crippen molar-refractivity contribution < 1.29 is 24.4 Å². The highest BCUT2D eigenvalue weighted by Crippen LogP contribution is 2.38. The summed E-state index contributed by atoms with van der Waals surface area (Å²) in [5.41, 5.74) is -0.0316. The number of benzene rings is 3. The Balaban J connectivity index is 1.81. The number of nitro benzene ring substituents is 3. The number of carbonyl (C=O) groups excluding carboxylic acids is 2. The number of aliphatic imine (C=N–C) groups is 1. The van der Waals surface area contributed by atoms with Crippen molar-refractivity contribution >= 4 is 51.4 Å². The van der Waals surface area contributed by atoms with Crippen LogP contribution in [0.5, 0.6) is 0 Å². The first-order chi connectivity index (χ1) is 17.5. The van der Waals surface area contributed by atoms with Gasteiger partial charge in [0.2, 0.25) is 0 Å². The molecule has 0 bridgehead atoms. The van der Waals surface area contributed by atoms with Crippen LogP contribution in [0.1, 0.15) is 28.4 Å². The molecular weight excluding hydrogens is 486 g/mol. The molecule has 186 valence electrons. The minimum atomic E-state index is -1.32. The van der Waals surface area contributed by atoms with E-state index in [2.05, 4.69) is 10.3 Å². The number of Topliss-reactive ketones (excluding diaryl/α,β-unsaturated/α-hetero) is 2. The second-order valence-corrected chi connectivity index (χ2v) is 8.20. The Labute approximate surface area is 207 Å². The van der Waals surface area contributed by atoms with Gasteiger partial charge in [0.1, 0.15) is 23.0 Å². The molecule has 3 aromatic rings. The van der Waals surface area contributed by atoms with Crippen LogP contribution in [-0.2, 0) is 4.79 Å².